The maximum atomic E-state index is 6.26. The first-order valence-corrected chi connectivity index (χ1v) is 13.6. The van der Waals surface area contributed by atoms with E-state index in [0.717, 1.165) is 45.4 Å². The predicted octanol–water partition coefficient (Wildman–Crippen LogP) is 9.14. The maximum absolute atomic E-state index is 6.26. The lowest BCUT2D eigenvalue weighted by Crippen LogP contribution is -2.02. The molecule has 6 aromatic rings. The summed E-state index contributed by atoms with van der Waals surface area (Å²) in [5.74, 6) is 2.18. The van der Waals surface area contributed by atoms with E-state index in [-0.39, 0.29) is 0 Å². The Labute approximate surface area is 240 Å². The summed E-state index contributed by atoms with van der Waals surface area (Å²) in [6.07, 6.45) is 5.68. The SMILES string of the molecule is Cc1cc(C)c(Nc2cccnc2Nc2cccc(Oc3cccc(-n4cc(-c5ccccc5)cn4)c3)c2)c(C)c1. The molecule has 0 unspecified atom stereocenters. The molecule has 4 aromatic carbocycles. The van der Waals surface area contributed by atoms with E-state index >= 15 is 0 Å². The van der Waals surface area contributed by atoms with Gasteiger partial charge in [0, 0.05) is 41.5 Å². The fourth-order valence-corrected chi connectivity index (χ4v) is 4.96. The summed E-state index contributed by atoms with van der Waals surface area (Å²) in [7, 11) is 0. The molecule has 0 atom stereocenters. The van der Waals surface area contributed by atoms with Crippen molar-refractivity contribution in [1.82, 2.24) is 14.8 Å². The Bertz CT molecular complexity index is 1790. The summed E-state index contributed by atoms with van der Waals surface area (Å²) in [6, 6.07) is 34.3. The molecule has 0 aliphatic rings. The summed E-state index contributed by atoms with van der Waals surface area (Å²) >= 11 is 0. The highest BCUT2D eigenvalue weighted by Gasteiger charge is 2.10. The average molecular weight is 538 g/mol. The van der Waals surface area contributed by atoms with E-state index in [1.165, 1.54) is 16.7 Å². The van der Waals surface area contributed by atoms with Crippen molar-refractivity contribution in [3.05, 3.63) is 138 Å². The van der Waals surface area contributed by atoms with Crippen molar-refractivity contribution in [2.24, 2.45) is 0 Å². The van der Waals surface area contributed by atoms with Crippen LogP contribution in [-0.4, -0.2) is 14.8 Å². The molecule has 0 aliphatic carbocycles. The Balaban J connectivity index is 1.19. The first kappa shape index (κ1) is 25.9. The second-order valence-corrected chi connectivity index (χ2v) is 10.1. The zero-order chi connectivity index (χ0) is 28.2. The molecule has 202 valence electrons. The first-order valence-electron chi connectivity index (χ1n) is 13.6. The Morgan fingerprint density at radius 3 is 2.24 bits per heavy atom. The van der Waals surface area contributed by atoms with E-state index in [0.29, 0.717) is 5.75 Å². The van der Waals surface area contributed by atoms with Crippen LogP contribution in [0.25, 0.3) is 16.8 Å². The predicted molar refractivity (Wildman–Crippen MR) is 167 cm³/mol. The summed E-state index contributed by atoms with van der Waals surface area (Å²) in [4.78, 5) is 4.61. The van der Waals surface area contributed by atoms with Crippen LogP contribution in [0, 0.1) is 20.8 Å². The second-order valence-electron chi connectivity index (χ2n) is 10.1. The minimum absolute atomic E-state index is 0.716. The minimum Gasteiger partial charge on any atom is -0.457 e. The Morgan fingerprint density at radius 2 is 1.44 bits per heavy atom. The third-order valence-electron chi connectivity index (χ3n) is 6.85. The molecule has 2 aromatic heterocycles. The van der Waals surface area contributed by atoms with Gasteiger partial charge < -0.3 is 15.4 Å². The van der Waals surface area contributed by atoms with Crippen molar-refractivity contribution >= 4 is 22.9 Å². The van der Waals surface area contributed by atoms with Crippen molar-refractivity contribution in [3.8, 4) is 28.3 Å². The van der Waals surface area contributed by atoms with Crippen LogP contribution in [0.3, 0.4) is 0 Å². The monoisotopic (exact) mass is 537 g/mol. The molecular weight excluding hydrogens is 506 g/mol. The van der Waals surface area contributed by atoms with E-state index in [1.54, 1.807) is 6.20 Å². The van der Waals surface area contributed by atoms with Gasteiger partial charge in [-0.25, -0.2) is 9.67 Å². The number of benzene rings is 4. The number of nitrogens with one attached hydrogen (secondary N) is 2. The highest BCUT2D eigenvalue weighted by Crippen LogP contribution is 2.32. The zero-order valence-corrected chi connectivity index (χ0v) is 23.3. The zero-order valence-electron chi connectivity index (χ0n) is 23.3. The van der Waals surface area contributed by atoms with Gasteiger partial charge in [0.25, 0.3) is 0 Å². The molecule has 0 spiro atoms. The Hall–Kier alpha value is -5.36. The standard InChI is InChI=1S/C35H31N5O/c1-24-18-25(2)34(26(3)19-24)39-33-16-9-17-36-35(33)38-29-12-7-14-31(20-29)41-32-15-8-13-30(21-32)40-23-28(22-37-40)27-10-5-4-6-11-27/h4-23,39H,1-3H3,(H,36,38). The molecule has 0 aliphatic heterocycles. The molecule has 6 heteroatoms. The molecule has 2 N–H and O–H groups in total. The topological polar surface area (TPSA) is 64.0 Å². The fraction of sp³-hybridized carbons (Fsp3) is 0.0857. The van der Waals surface area contributed by atoms with Crippen molar-refractivity contribution in [2.45, 2.75) is 20.8 Å². The van der Waals surface area contributed by atoms with Crippen molar-refractivity contribution in [2.75, 3.05) is 10.6 Å². The van der Waals surface area contributed by atoms with Gasteiger partial charge in [-0.3, -0.25) is 0 Å². The van der Waals surface area contributed by atoms with Crippen LogP contribution in [0.15, 0.2) is 122 Å². The van der Waals surface area contributed by atoms with Gasteiger partial charge in [0.1, 0.15) is 11.5 Å². The number of nitrogens with zero attached hydrogens (tertiary/aromatic N) is 3. The summed E-state index contributed by atoms with van der Waals surface area (Å²) in [6.45, 7) is 6.36. The number of anilines is 4. The summed E-state index contributed by atoms with van der Waals surface area (Å²) in [5.41, 5.74) is 9.62. The molecule has 0 saturated heterocycles. The smallest absolute Gasteiger partial charge is 0.154 e. The van der Waals surface area contributed by atoms with Crippen LogP contribution in [0.2, 0.25) is 0 Å². The van der Waals surface area contributed by atoms with Crippen molar-refractivity contribution in [1.29, 1.82) is 0 Å². The molecule has 0 radical (unpaired) electrons. The lowest BCUT2D eigenvalue weighted by atomic mass is 10.0. The van der Waals surface area contributed by atoms with Crippen LogP contribution in [0.5, 0.6) is 11.5 Å². The quantitative estimate of drug-likeness (QED) is 0.203. The van der Waals surface area contributed by atoms with E-state index in [1.807, 2.05) is 95.9 Å². The van der Waals surface area contributed by atoms with Gasteiger partial charge in [-0.05, 0) is 73.9 Å². The maximum Gasteiger partial charge on any atom is 0.154 e. The van der Waals surface area contributed by atoms with Gasteiger partial charge in [-0.1, -0.05) is 60.2 Å². The highest BCUT2D eigenvalue weighted by molar-refractivity contribution is 5.77. The molecule has 0 bridgehead atoms. The lowest BCUT2D eigenvalue weighted by Gasteiger charge is -2.17. The molecular formula is C35H31N5O. The van der Waals surface area contributed by atoms with E-state index in [2.05, 4.69) is 65.8 Å². The van der Waals surface area contributed by atoms with Crippen molar-refractivity contribution in [3.63, 3.8) is 0 Å². The van der Waals surface area contributed by atoms with Gasteiger partial charge in [-0.15, -0.1) is 0 Å². The number of hydrogen-bond donors (Lipinski definition) is 2. The fourth-order valence-electron chi connectivity index (χ4n) is 4.96. The number of ether oxygens (including phenoxy) is 1. The van der Waals surface area contributed by atoms with Crippen molar-refractivity contribution < 1.29 is 4.74 Å². The van der Waals surface area contributed by atoms with Gasteiger partial charge in [-0.2, -0.15) is 5.10 Å². The average Bonchev–Trinajstić information content (AvgIpc) is 3.47. The third kappa shape index (κ3) is 5.97. The number of pyridine rings is 1. The van der Waals surface area contributed by atoms with E-state index in [9.17, 15) is 0 Å². The number of aryl methyl sites for hydroxylation is 3. The second kappa shape index (κ2) is 11.4. The van der Waals surface area contributed by atoms with Crippen LogP contribution in [0.1, 0.15) is 16.7 Å². The molecule has 2 heterocycles. The van der Waals surface area contributed by atoms with Gasteiger partial charge in [0.15, 0.2) is 5.82 Å². The molecule has 0 fully saturated rings. The summed E-state index contributed by atoms with van der Waals surface area (Å²) in [5, 5.41) is 11.6. The van der Waals surface area contributed by atoms with Gasteiger partial charge in [0.05, 0.1) is 17.6 Å². The van der Waals surface area contributed by atoms with Crippen LogP contribution < -0.4 is 15.4 Å². The Morgan fingerprint density at radius 1 is 0.683 bits per heavy atom. The molecule has 6 rings (SSSR count). The number of hydrogen-bond acceptors (Lipinski definition) is 5. The van der Waals surface area contributed by atoms with Gasteiger partial charge in [0.2, 0.25) is 0 Å². The van der Waals surface area contributed by atoms with Gasteiger partial charge >= 0.3 is 0 Å². The lowest BCUT2D eigenvalue weighted by molar-refractivity contribution is 0.482. The molecule has 0 saturated carbocycles. The minimum atomic E-state index is 0.716. The van der Waals surface area contributed by atoms with E-state index in [4.69, 9.17) is 4.74 Å². The normalized spacial score (nSPS) is 10.8. The molecule has 6 nitrogen and oxygen atoms in total. The summed E-state index contributed by atoms with van der Waals surface area (Å²) < 4.78 is 8.12. The first-order chi connectivity index (χ1) is 20.0. The van der Waals surface area contributed by atoms with Crippen LogP contribution >= 0.6 is 0 Å². The molecule has 0 amide bonds. The highest BCUT2D eigenvalue weighted by atomic mass is 16.5. The Kier molecular flexibility index (Phi) is 7.20. The molecule has 41 heavy (non-hydrogen) atoms. The van der Waals surface area contributed by atoms with E-state index < -0.39 is 0 Å². The van der Waals surface area contributed by atoms with Crippen LogP contribution in [0.4, 0.5) is 22.9 Å². The largest absolute Gasteiger partial charge is 0.457 e. The number of aromatic nitrogens is 3. The third-order valence-corrected chi connectivity index (χ3v) is 6.85. The number of rotatable bonds is 8. The van der Waals surface area contributed by atoms with Crippen LogP contribution in [-0.2, 0) is 0 Å².